The fraction of sp³-hybridized carbons (Fsp3) is 0. The van der Waals surface area contributed by atoms with Gasteiger partial charge in [0.2, 0.25) is 0 Å². The molecule has 7 heteroatoms. The predicted molar refractivity (Wildman–Crippen MR) is 105 cm³/mol. The molecule has 0 unspecified atom stereocenters. The third-order valence-electron chi connectivity index (χ3n) is 3.80. The molecule has 2 heterocycles. The van der Waals surface area contributed by atoms with Gasteiger partial charge in [-0.3, -0.25) is 4.79 Å². The Balaban J connectivity index is 1.79. The van der Waals surface area contributed by atoms with E-state index in [1.807, 2.05) is 30.3 Å². The molecule has 0 bridgehead atoms. The maximum Gasteiger partial charge on any atom is 0.276 e. The molecule has 0 aliphatic rings. The predicted octanol–water partition coefficient (Wildman–Crippen LogP) is 5.04. The third kappa shape index (κ3) is 3.14. The molecule has 2 N–H and O–H groups in total. The van der Waals surface area contributed by atoms with Crippen LogP contribution in [0.5, 0.6) is 0 Å². The third-order valence-corrected chi connectivity index (χ3v) is 4.43. The van der Waals surface area contributed by atoms with Crippen LogP contribution in [0.25, 0.3) is 22.4 Å². The monoisotopic (exact) mass is 382 g/mol. The lowest BCUT2D eigenvalue weighted by atomic mass is 10.1. The Kier molecular flexibility index (Phi) is 4.32. The van der Waals surface area contributed by atoms with Gasteiger partial charge in [0, 0.05) is 11.3 Å². The van der Waals surface area contributed by atoms with Crippen LogP contribution in [0.3, 0.4) is 0 Å². The first-order valence-electron chi connectivity index (χ1n) is 7.79. The number of hydrogen-bond donors (Lipinski definition) is 2. The Morgan fingerprint density at radius 3 is 2.31 bits per heavy atom. The van der Waals surface area contributed by atoms with Crippen LogP contribution in [-0.2, 0) is 0 Å². The van der Waals surface area contributed by atoms with Crippen LogP contribution in [0.15, 0.2) is 65.5 Å². The van der Waals surface area contributed by atoms with Gasteiger partial charge in [-0.2, -0.15) is 0 Å². The molecular formula is C19H12Cl2N4O. The summed E-state index contributed by atoms with van der Waals surface area (Å²) in [5, 5.41) is 3.91. The fourth-order valence-electron chi connectivity index (χ4n) is 2.60. The van der Waals surface area contributed by atoms with Crippen LogP contribution in [-0.4, -0.2) is 15.0 Å². The number of aromatic nitrogens is 3. The highest BCUT2D eigenvalue weighted by atomic mass is 35.5. The Morgan fingerprint density at radius 2 is 1.58 bits per heavy atom. The number of benzene rings is 2. The van der Waals surface area contributed by atoms with E-state index in [0.717, 1.165) is 5.69 Å². The number of rotatable bonds is 3. The van der Waals surface area contributed by atoms with E-state index >= 15 is 0 Å². The average molecular weight is 383 g/mol. The fourth-order valence-corrected chi connectivity index (χ4v) is 3.18. The largest absolute Gasteiger partial charge is 0.340 e. The van der Waals surface area contributed by atoms with Crippen molar-refractivity contribution in [2.24, 2.45) is 0 Å². The molecule has 0 aliphatic carbocycles. The Bertz CT molecular complexity index is 1140. The number of anilines is 2. The maximum atomic E-state index is 12.5. The van der Waals surface area contributed by atoms with Crippen LogP contribution in [0.4, 0.5) is 11.5 Å². The molecule has 0 saturated heterocycles. The highest BCUT2D eigenvalue weighted by Crippen LogP contribution is 2.32. The standard InChI is InChI=1S/C19H12Cl2N4O/c20-12-7-4-8-13(21)16(12)17-19(26)25-18-14(23-17)9-10-15(24-18)22-11-5-2-1-3-6-11/h1-10H,(H2,22,24,25,26). The summed E-state index contributed by atoms with van der Waals surface area (Å²) in [5.41, 5.74) is 1.98. The van der Waals surface area contributed by atoms with Gasteiger partial charge in [-0.25, -0.2) is 9.97 Å². The topological polar surface area (TPSA) is 70.7 Å². The minimum atomic E-state index is -0.406. The lowest BCUT2D eigenvalue weighted by Crippen LogP contribution is -2.13. The first-order chi connectivity index (χ1) is 12.6. The Morgan fingerprint density at radius 1 is 0.846 bits per heavy atom. The molecule has 5 nitrogen and oxygen atoms in total. The van der Waals surface area contributed by atoms with Crippen molar-refractivity contribution in [3.05, 3.63) is 81.1 Å². The summed E-state index contributed by atoms with van der Waals surface area (Å²) in [6, 6.07) is 18.2. The number of nitrogens with one attached hydrogen (secondary N) is 2. The van der Waals surface area contributed by atoms with Gasteiger partial charge < -0.3 is 10.3 Å². The van der Waals surface area contributed by atoms with Gasteiger partial charge in [0.1, 0.15) is 17.0 Å². The zero-order valence-electron chi connectivity index (χ0n) is 13.3. The van der Waals surface area contributed by atoms with Gasteiger partial charge in [-0.15, -0.1) is 0 Å². The van der Waals surface area contributed by atoms with Crippen molar-refractivity contribution < 1.29 is 0 Å². The molecule has 0 atom stereocenters. The summed E-state index contributed by atoms with van der Waals surface area (Å²) in [6.45, 7) is 0. The minimum Gasteiger partial charge on any atom is -0.340 e. The average Bonchev–Trinajstić information content (AvgIpc) is 2.63. The van der Waals surface area contributed by atoms with E-state index in [2.05, 4.69) is 20.3 Å². The number of H-pyrrole nitrogens is 1. The van der Waals surface area contributed by atoms with Crippen LogP contribution in [0, 0.1) is 0 Å². The quantitative estimate of drug-likeness (QED) is 0.520. The number of aromatic amines is 1. The number of halogens is 2. The molecule has 26 heavy (non-hydrogen) atoms. The lowest BCUT2D eigenvalue weighted by Gasteiger charge is -2.08. The van der Waals surface area contributed by atoms with Crippen LogP contribution in [0.2, 0.25) is 10.0 Å². The Labute approximate surface area is 158 Å². The van der Waals surface area contributed by atoms with Gasteiger partial charge in [0.05, 0.1) is 10.0 Å². The van der Waals surface area contributed by atoms with E-state index in [-0.39, 0.29) is 5.69 Å². The highest BCUT2D eigenvalue weighted by Gasteiger charge is 2.15. The van der Waals surface area contributed by atoms with Crippen molar-refractivity contribution in [1.29, 1.82) is 0 Å². The van der Waals surface area contributed by atoms with Gasteiger partial charge in [0.25, 0.3) is 5.56 Å². The number of hydrogen-bond acceptors (Lipinski definition) is 4. The summed E-state index contributed by atoms with van der Waals surface area (Å²) in [5.74, 6) is 0.602. The molecule has 2 aromatic carbocycles. The summed E-state index contributed by atoms with van der Waals surface area (Å²) < 4.78 is 0. The SMILES string of the molecule is O=c1[nH]c2nc(Nc3ccccc3)ccc2nc1-c1c(Cl)cccc1Cl. The van der Waals surface area contributed by atoms with Crippen molar-refractivity contribution in [3.63, 3.8) is 0 Å². The van der Waals surface area contributed by atoms with Crippen molar-refractivity contribution in [2.75, 3.05) is 5.32 Å². The van der Waals surface area contributed by atoms with Crippen molar-refractivity contribution >= 4 is 45.9 Å². The van der Waals surface area contributed by atoms with E-state index in [9.17, 15) is 4.79 Å². The van der Waals surface area contributed by atoms with E-state index < -0.39 is 5.56 Å². The van der Waals surface area contributed by atoms with Crippen LogP contribution in [0.1, 0.15) is 0 Å². The smallest absolute Gasteiger partial charge is 0.276 e. The molecule has 4 aromatic rings. The van der Waals surface area contributed by atoms with Gasteiger partial charge >= 0.3 is 0 Å². The lowest BCUT2D eigenvalue weighted by molar-refractivity contribution is 1.17. The van der Waals surface area contributed by atoms with Crippen molar-refractivity contribution in [1.82, 2.24) is 15.0 Å². The van der Waals surface area contributed by atoms with E-state index in [1.165, 1.54) is 0 Å². The maximum absolute atomic E-state index is 12.5. The summed E-state index contributed by atoms with van der Waals surface area (Å²) in [4.78, 5) is 24.1. The highest BCUT2D eigenvalue weighted by molar-refractivity contribution is 6.39. The van der Waals surface area contributed by atoms with Crippen molar-refractivity contribution in [2.45, 2.75) is 0 Å². The molecule has 4 rings (SSSR count). The van der Waals surface area contributed by atoms with Crippen LogP contribution >= 0.6 is 23.2 Å². The Hall–Kier alpha value is -2.89. The zero-order chi connectivity index (χ0) is 18.1. The number of nitrogens with zero attached hydrogens (tertiary/aromatic N) is 2. The molecule has 0 aliphatic heterocycles. The van der Waals surface area contributed by atoms with Gasteiger partial charge in [-0.1, -0.05) is 47.5 Å². The molecule has 0 fully saturated rings. The van der Waals surface area contributed by atoms with Gasteiger partial charge in [0.15, 0.2) is 5.65 Å². The zero-order valence-corrected chi connectivity index (χ0v) is 14.8. The van der Waals surface area contributed by atoms with Crippen molar-refractivity contribution in [3.8, 4) is 11.3 Å². The van der Waals surface area contributed by atoms with E-state index in [0.29, 0.717) is 32.6 Å². The minimum absolute atomic E-state index is 0.165. The second-order valence-electron chi connectivity index (χ2n) is 5.57. The second-order valence-corrected chi connectivity index (χ2v) is 6.38. The van der Waals surface area contributed by atoms with E-state index in [1.54, 1.807) is 30.3 Å². The summed E-state index contributed by atoms with van der Waals surface area (Å²) in [7, 11) is 0. The normalized spacial score (nSPS) is 10.8. The summed E-state index contributed by atoms with van der Waals surface area (Å²) >= 11 is 12.4. The first-order valence-corrected chi connectivity index (χ1v) is 8.55. The first kappa shape index (κ1) is 16.6. The molecule has 0 spiro atoms. The second kappa shape index (κ2) is 6.78. The molecular weight excluding hydrogens is 371 g/mol. The molecule has 128 valence electrons. The number of fused-ring (bicyclic) bond motifs is 1. The molecule has 0 radical (unpaired) electrons. The number of pyridine rings is 1. The summed E-state index contributed by atoms with van der Waals surface area (Å²) in [6.07, 6.45) is 0. The molecule has 0 amide bonds. The van der Waals surface area contributed by atoms with Crippen LogP contribution < -0.4 is 10.9 Å². The molecule has 2 aromatic heterocycles. The number of para-hydroxylation sites is 1. The van der Waals surface area contributed by atoms with Gasteiger partial charge in [-0.05, 0) is 36.4 Å². The van der Waals surface area contributed by atoms with E-state index in [4.69, 9.17) is 23.2 Å². The molecule has 0 saturated carbocycles.